The van der Waals surface area contributed by atoms with Gasteiger partial charge in [0.15, 0.2) is 11.6 Å². The van der Waals surface area contributed by atoms with E-state index in [1.165, 1.54) is 19.2 Å². The number of nitrogens with zero attached hydrogens (tertiary/aromatic N) is 1. The van der Waals surface area contributed by atoms with Crippen molar-refractivity contribution < 1.29 is 31.8 Å². The van der Waals surface area contributed by atoms with Crippen molar-refractivity contribution in [2.24, 2.45) is 5.73 Å². The number of hydrogen-bond donors (Lipinski definition) is 2. The largest absolute Gasteiger partial charge is 0.468 e. The molecule has 3 aromatic rings. The third-order valence-corrected chi connectivity index (χ3v) is 4.41. The molecule has 3 rings (SSSR count). The molecule has 0 aliphatic carbocycles. The minimum Gasteiger partial charge on any atom is -0.468 e. The molecule has 2 aromatic carbocycles. The molecule has 0 aliphatic rings. The van der Waals surface area contributed by atoms with E-state index in [-0.39, 0.29) is 23.7 Å². The number of carbonyl (C=O) groups is 1. The Morgan fingerprint density at radius 1 is 1.12 bits per heavy atom. The fourth-order valence-electron chi connectivity index (χ4n) is 2.75. The second-order valence-electron chi connectivity index (χ2n) is 6.78. The summed E-state index contributed by atoms with van der Waals surface area (Å²) in [4.78, 5) is 15.1. The van der Waals surface area contributed by atoms with Crippen LogP contribution in [0, 0.1) is 5.82 Å². The average Bonchev–Trinajstić information content (AvgIpc) is 2.76. The highest BCUT2D eigenvalue weighted by Crippen LogP contribution is 2.30. The number of halogens is 4. The third kappa shape index (κ3) is 5.94. The average molecular weight is 449 g/mol. The second kappa shape index (κ2) is 9.65. The lowest BCUT2D eigenvalue weighted by molar-refractivity contribution is -0.142. The van der Waals surface area contributed by atoms with Gasteiger partial charge in [-0.3, -0.25) is 4.79 Å². The van der Waals surface area contributed by atoms with Gasteiger partial charge >= 0.3 is 12.1 Å². The third-order valence-electron chi connectivity index (χ3n) is 4.41. The first-order valence-corrected chi connectivity index (χ1v) is 9.36. The molecule has 0 fully saturated rings. The highest BCUT2D eigenvalue weighted by Gasteiger charge is 2.30. The molecule has 0 radical (unpaired) electrons. The van der Waals surface area contributed by atoms with E-state index in [4.69, 9.17) is 10.5 Å². The van der Waals surface area contributed by atoms with Gasteiger partial charge in [0, 0.05) is 18.0 Å². The Labute approximate surface area is 181 Å². The first-order chi connectivity index (χ1) is 15.2. The summed E-state index contributed by atoms with van der Waals surface area (Å²) in [5.41, 5.74) is 5.91. The summed E-state index contributed by atoms with van der Waals surface area (Å²) in [5, 5.41) is 2.73. The molecule has 0 bridgehead atoms. The molecule has 0 unspecified atom stereocenters. The van der Waals surface area contributed by atoms with E-state index in [1.54, 1.807) is 24.3 Å². The van der Waals surface area contributed by atoms with Gasteiger partial charge in [-0.2, -0.15) is 13.2 Å². The number of anilines is 2. The predicted molar refractivity (Wildman–Crippen MR) is 109 cm³/mol. The van der Waals surface area contributed by atoms with Gasteiger partial charge in [0.05, 0.1) is 12.7 Å². The number of aromatic nitrogens is 1. The summed E-state index contributed by atoms with van der Waals surface area (Å²) in [7, 11) is 1.26. The first kappa shape index (κ1) is 23.0. The van der Waals surface area contributed by atoms with Crippen LogP contribution in [0.15, 0.2) is 60.8 Å². The van der Waals surface area contributed by atoms with Crippen molar-refractivity contribution in [2.45, 2.75) is 18.6 Å². The standard InChI is InChI=1S/C22H19F4N3O3/c1-31-21(30)18(27)10-13-2-6-16(7-3-13)32-19-8-5-15(11-17(19)23)29-20-9-4-14(12-28-20)22(24,25)26/h2-9,11-12,18H,10,27H2,1H3,(H,28,29)/t18-/m0/s1. The lowest BCUT2D eigenvalue weighted by atomic mass is 10.1. The summed E-state index contributed by atoms with van der Waals surface area (Å²) >= 11 is 0. The Hall–Kier alpha value is -3.66. The van der Waals surface area contributed by atoms with Crippen LogP contribution < -0.4 is 15.8 Å². The molecule has 1 atom stereocenters. The highest BCUT2D eigenvalue weighted by molar-refractivity contribution is 5.75. The van der Waals surface area contributed by atoms with E-state index in [2.05, 4.69) is 15.0 Å². The maximum atomic E-state index is 14.4. The normalized spacial score (nSPS) is 12.2. The van der Waals surface area contributed by atoms with Crippen LogP contribution in [0.3, 0.4) is 0 Å². The van der Waals surface area contributed by atoms with Crippen LogP contribution in [0.1, 0.15) is 11.1 Å². The molecule has 168 valence electrons. The number of benzene rings is 2. The summed E-state index contributed by atoms with van der Waals surface area (Å²) in [6.45, 7) is 0. The number of esters is 1. The Bertz CT molecular complexity index is 1070. The number of nitrogens with one attached hydrogen (secondary N) is 1. The number of carbonyl (C=O) groups excluding carboxylic acids is 1. The van der Waals surface area contributed by atoms with Gasteiger partial charge in [-0.25, -0.2) is 9.37 Å². The number of alkyl halides is 3. The van der Waals surface area contributed by atoms with Crippen LogP contribution in [-0.2, 0) is 22.1 Å². The SMILES string of the molecule is COC(=O)[C@@H](N)Cc1ccc(Oc2ccc(Nc3ccc(C(F)(F)F)cn3)cc2F)cc1. The first-order valence-electron chi connectivity index (χ1n) is 9.36. The van der Waals surface area contributed by atoms with Gasteiger partial charge in [0.2, 0.25) is 0 Å². The van der Waals surface area contributed by atoms with Crippen molar-refractivity contribution in [1.82, 2.24) is 4.98 Å². The molecule has 32 heavy (non-hydrogen) atoms. The molecule has 0 spiro atoms. The van der Waals surface area contributed by atoms with Crippen molar-refractivity contribution in [1.29, 1.82) is 0 Å². The molecule has 3 N–H and O–H groups in total. The Morgan fingerprint density at radius 2 is 1.84 bits per heavy atom. The monoisotopic (exact) mass is 449 g/mol. The number of nitrogens with two attached hydrogens (primary N) is 1. The molecule has 1 heterocycles. The lowest BCUT2D eigenvalue weighted by Crippen LogP contribution is -2.33. The van der Waals surface area contributed by atoms with E-state index in [0.717, 1.165) is 23.8 Å². The smallest absolute Gasteiger partial charge is 0.417 e. The Kier molecular flexibility index (Phi) is 6.94. The number of hydrogen-bond acceptors (Lipinski definition) is 6. The molecule has 0 amide bonds. The van der Waals surface area contributed by atoms with Crippen molar-refractivity contribution in [3.63, 3.8) is 0 Å². The zero-order valence-electron chi connectivity index (χ0n) is 16.8. The predicted octanol–water partition coefficient (Wildman–Crippen LogP) is 4.82. The van der Waals surface area contributed by atoms with Crippen LogP contribution in [0.4, 0.5) is 29.1 Å². The summed E-state index contributed by atoms with van der Waals surface area (Å²) < 4.78 is 62.3. The van der Waals surface area contributed by atoms with E-state index in [0.29, 0.717) is 11.9 Å². The molecule has 0 aliphatic heterocycles. The van der Waals surface area contributed by atoms with E-state index >= 15 is 0 Å². The summed E-state index contributed by atoms with van der Waals surface area (Å²) in [6.07, 6.45) is -3.51. The minimum absolute atomic E-state index is 0.0464. The molecular formula is C22H19F4N3O3. The van der Waals surface area contributed by atoms with Gasteiger partial charge in [-0.15, -0.1) is 0 Å². The van der Waals surface area contributed by atoms with Gasteiger partial charge in [-0.05, 0) is 48.4 Å². The molecule has 10 heteroatoms. The van der Waals surface area contributed by atoms with Crippen molar-refractivity contribution >= 4 is 17.5 Å². The van der Waals surface area contributed by atoms with Crippen molar-refractivity contribution in [2.75, 3.05) is 12.4 Å². The van der Waals surface area contributed by atoms with Crippen LogP contribution in [-0.4, -0.2) is 24.1 Å². The Morgan fingerprint density at radius 3 is 2.41 bits per heavy atom. The maximum absolute atomic E-state index is 14.4. The molecule has 6 nitrogen and oxygen atoms in total. The molecular weight excluding hydrogens is 430 g/mol. The molecule has 0 saturated heterocycles. The zero-order chi connectivity index (χ0) is 23.3. The van der Waals surface area contributed by atoms with Gasteiger partial charge in [0.25, 0.3) is 0 Å². The minimum atomic E-state index is -4.48. The van der Waals surface area contributed by atoms with Crippen LogP contribution in [0.5, 0.6) is 11.5 Å². The van der Waals surface area contributed by atoms with Gasteiger partial charge in [0.1, 0.15) is 17.6 Å². The quantitative estimate of drug-likeness (QED) is 0.397. The summed E-state index contributed by atoms with van der Waals surface area (Å²) in [6, 6.07) is 11.9. The van der Waals surface area contributed by atoms with Gasteiger partial charge in [-0.1, -0.05) is 12.1 Å². The second-order valence-corrected chi connectivity index (χ2v) is 6.78. The zero-order valence-corrected chi connectivity index (χ0v) is 16.8. The maximum Gasteiger partial charge on any atom is 0.417 e. The van der Waals surface area contributed by atoms with Crippen LogP contribution in [0.25, 0.3) is 0 Å². The van der Waals surface area contributed by atoms with Gasteiger partial charge < -0.3 is 20.5 Å². The van der Waals surface area contributed by atoms with Crippen LogP contribution >= 0.6 is 0 Å². The van der Waals surface area contributed by atoms with Crippen molar-refractivity contribution in [3.8, 4) is 11.5 Å². The number of pyridine rings is 1. The van der Waals surface area contributed by atoms with Crippen LogP contribution in [0.2, 0.25) is 0 Å². The van der Waals surface area contributed by atoms with E-state index in [9.17, 15) is 22.4 Å². The number of methoxy groups -OCH3 is 1. The lowest BCUT2D eigenvalue weighted by Gasteiger charge is -2.12. The fourth-order valence-corrected chi connectivity index (χ4v) is 2.75. The fraction of sp³-hybridized carbons (Fsp3) is 0.182. The highest BCUT2D eigenvalue weighted by atomic mass is 19.4. The van der Waals surface area contributed by atoms with Crippen molar-refractivity contribution in [3.05, 3.63) is 77.7 Å². The summed E-state index contributed by atoms with van der Waals surface area (Å²) in [5.74, 6) is -0.752. The topological polar surface area (TPSA) is 86.5 Å². The van der Waals surface area contributed by atoms with E-state index in [1.807, 2.05) is 0 Å². The number of rotatable bonds is 7. The number of ether oxygens (including phenoxy) is 2. The molecule has 1 aromatic heterocycles. The van der Waals surface area contributed by atoms with E-state index < -0.39 is 29.6 Å². The molecule has 0 saturated carbocycles. The Balaban J connectivity index is 1.63.